The standard InChI is InChI=1S/C2H5Cl.C2H2F2O2/c1-2-3;3-1(4)2(5)6/h2H2,1H3;1H,(H,5,6). The Labute approximate surface area is 56.4 Å². The van der Waals surface area contributed by atoms with Gasteiger partial charge in [0.15, 0.2) is 0 Å². The first-order valence-electron chi connectivity index (χ1n) is 2.13. The molecule has 0 aromatic heterocycles. The smallest absolute Gasteiger partial charge is 0.371 e. The van der Waals surface area contributed by atoms with Gasteiger partial charge < -0.3 is 5.11 Å². The van der Waals surface area contributed by atoms with Crippen molar-refractivity contribution in [3.05, 3.63) is 0 Å². The van der Waals surface area contributed by atoms with E-state index >= 15 is 0 Å². The maximum absolute atomic E-state index is 10.6. The number of hydrogen-bond donors (Lipinski definition) is 1. The molecule has 1 N–H and O–H groups in total. The Hall–Kier alpha value is -0.380. The lowest BCUT2D eigenvalue weighted by Gasteiger charge is -1.81. The summed E-state index contributed by atoms with van der Waals surface area (Å²) in [7, 11) is 0. The SMILES string of the molecule is CCCl.O=C(O)C(F)F. The lowest BCUT2D eigenvalue weighted by atomic mass is 10.7. The molecule has 0 bridgehead atoms. The highest BCUT2D eigenvalue weighted by Crippen LogP contribution is 1.87. The van der Waals surface area contributed by atoms with E-state index < -0.39 is 12.4 Å². The van der Waals surface area contributed by atoms with Gasteiger partial charge in [-0.3, -0.25) is 0 Å². The van der Waals surface area contributed by atoms with E-state index in [0.717, 1.165) is 5.88 Å². The maximum atomic E-state index is 10.6. The molecular formula is C4H7ClF2O2. The van der Waals surface area contributed by atoms with Crippen LogP contribution in [0.15, 0.2) is 0 Å². The van der Waals surface area contributed by atoms with Gasteiger partial charge in [0.25, 0.3) is 0 Å². The van der Waals surface area contributed by atoms with Crippen LogP contribution in [0.2, 0.25) is 0 Å². The van der Waals surface area contributed by atoms with Gasteiger partial charge in [0.1, 0.15) is 0 Å². The summed E-state index contributed by atoms with van der Waals surface area (Å²) in [5.41, 5.74) is 0. The molecule has 0 amide bonds. The maximum Gasteiger partial charge on any atom is 0.371 e. The van der Waals surface area contributed by atoms with E-state index in [-0.39, 0.29) is 0 Å². The van der Waals surface area contributed by atoms with Crippen molar-refractivity contribution in [2.75, 3.05) is 5.88 Å². The molecule has 0 saturated carbocycles. The lowest BCUT2D eigenvalue weighted by molar-refractivity contribution is -0.149. The number of carbonyl (C=O) groups is 1. The highest BCUT2D eigenvalue weighted by molar-refractivity contribution is 6.17. The van der Waals surface area contributed by atoms with Gasteiger partial charge in [0.05, 0.1) is 0 Å². The third kappa shape index (κ3) is 18.4. The molecule has 0 aliphatic rings. The summed E-state index contributed by atoms with van der Waals surface area (Å²) in [6, 6.07) is 0. The largest absolute Gasteiger partial charge is 0.477 e. The molecular weight excluding hydrogens is 153 g/mol. The van der Waals surface area contributed by atoms with Gasteiger partial charge in [-0.1, -0.05) is 6.92 Å². The molecule has 9 heavy (non-hydrogen) atoms. The van der Waals surface area contributed by atoms with E-state index in [1.165, 1.54) is 0 Å². The van der Waals surface area contributed by atoms with Gasteiger partial charge in [-0.25, -0.2) is 4.79 Å². The first-order valence-corrected chi connectivity index (χ1v) is 2.66. The van der Waals surface area contributed by atoms with Crippen molar-refractivity contribution in [3.8, 4) is 0 Å². The molecule has 0 radical (unpaired) electrons. The summed E-state index contributed by atoms with van der Waals surface area (Å²) in [5, 5.41) is 7.24. The second-order valence-corrected chi connectivity index (χ2v) is 1.44. The molecule has 5 heteroatoms. The minimum Gasteiger partial charge on any atom is -0.477 e. The van der Waals surface area contributed by atoms with Crippen molar-refractivity contribution >= 4 is 17.6 Å². The Morgan fingerprint density at radius 1 is 1.78 bits per heavy atom. The molecule has 0 spiro atoms. The number of halogens is 3. The Morgan fingerprint density at radius 2 is 1.89 bits per heavy atom. The molecule has 0 unspecified atom stereocenters. The number of aliphatic carboxylic acids is 1. The highest BCUT2D eigenvalue weighted by atomic mass is 35.5. The van der Waals surface area contributed by atoms with Crippen molar-refractivity contribution in [1.82, 2.24) is 0 Å². The molecule has 0 fully saturated rings. The van der Waals surface area contributed by atoms with E-state index in [4.69, 9.17) is 21.5 Å². The molecule has 0 saturated heterocycles. The Bertz CT molecular complexity index is 77.0. The topological polar surface area (TPSA) is 37.3 Å². The predicted octanol–water partition coefficient (Wildman–Crippen LogP) is 1.58. The van der Waals surface area contributed by atoms with Crippen LogP contribution in [-0.4, -0.2) is 23.4 Å². The van der Waals surface area contributed by atoms with Crippen molar-refractivity contribution in [3.63, 3.8) is 0 Å². The second kappa shape index (κ2) is 7.62. The van der Waals surface area contributed by atoms with Crippen molar-refractivity contribution in [2.24, 2.45) is 0 Å². The Kier molecular flexibility index (Phi) is 9.67. The molecule has 0 aliphatic heterocycles. The van der Waals surface area contributed by atoms with Crippen LogP contribution < -0.4 is 0 Å². The third-order valence-electron chi connectivity index (χ3n) is 0.187. The summed E-state index contributed by atoms with van der Waals surface area (Å²) in [6.07, 6.45) is -3.23. The van der Waals surface area contributed by atoms with Gasteiger partial charge in [0, 0.05) is 5.88 Å². The zero-order valence-electron chi connectivity index (χ0n) is 4.77. The molecule has 0 heterocycles. The van der Waals surface area contributed by atoms with E-state index in [1.807, 2.05) is 6.92 Å². The average Bonchev–Trinajstić information content (AvgIpc) is 1.68. The second-order valence-electron chi connectivity index (χ2n) is 0.906. The zero-order valence-corrected chi connectivity index (χ0v) is 5.53. The first-order chi connectivity index (χ1) is 4.06. The van der Waals surface area contributed by atoms with Gasteiger partial charge >= 0.3 is 12.4 Å². The number of carboxylic acids is 1. The number of alkyl halides is 3. The summed E-state index contributed by atoms with van der Waals surface area (Å²) < 4.78 is 21.1. The van der Waals surface area contributed by atoms with Crippen LogP contribution in [0.4, 0.5) is 8.78 Å². The molecule has 0 aromatic rings. The molecule has 0 rings (SSSR count). The number of rotatable bonds is 1. The molecule has 56 valence electrons. The number of carboxylic acid groups (broad SMARTS) is 1. The molecule has 0 aromatic carbocycles. The van der Waals surface area contributed by atoms with E-state index in [0.29, 0.717) is 0 Å². The van der Waals surface area contributed by atoms with E-state index in [2.05, 4.69) is 0 Å². The zero-order chi connectivity index (χ0) is 7.86. The van der Waals surface area contributed by atoms with Gasteiger partial charge in [-0.05, 0) is 0 Å². The quantitative estimate of drug-likeness (QED) is 0.592. The van der Waals surface area contributed by atoms with Crippen LogP contribution in [0.25, 0.3) is 0 Å². The van der Waals surface area contributed by atoms with Crippen molar-refractivity contribution < 1.29 is 18.7 Å². The molecule has 2 nitrogen and oxygen atoms in total. The summed E-state index contributed by atoms with van der Waals surface area (Å²) in [6.45, 7) is 1.89. The predicted molar refractivity (Wildman–Crippen MR) is 30.0 cm³/mol. The molecule has 0 aliphatic carbocycles. The van der Waals surface area contributed by atoms with E-state index in [9.17, 15) is 8.78 Å². The molecule has 0 atom stereocenters. The minimum atomic E-state index is -3.23. The fourth-order valence-electron chi connectivity index (χ4n) is 0. The van der Waals surface area contributed by atoms with Crippen molar-refractivity contribution in [1.29, 1.82) is 0 Å². The van der Waals surface area contributed by atoms with Crippen LogP contribution in [0.5, 0.6) is 0 Å². The summed E-state index contributed by atoms with van der Waals surface area (Å²) in [5.74, 6) is -1.35. The van der Waals surface area contributed by atoms with Crippen LogP contribution in [-0.2, 0) is 4.79 Å². The minimum absolute atomic E-state index is 0.722. The lowest BCUT2D eigenvalue weighted by Crippen LogP contribution is -2.06. The van der Waals surface area contributed by atoms with E-state index in [1.54, 1.807) is 0 Å². The van der Waals surface area contributed by atoms with Gasteiger partial charge in [-0.15, -0.1) is 11.6 Å². The number of hydrogen-bond acceptors (Lipinski definition) is 1. The highest BCUT2D eigenvalue weighted by Gasteiger charge is 2.10. The first kappa shape index (κ1) is 11.4. The van der Waals surface area contributed by atoms with Crippen LogP contribution in [0.3, 0.4) is 0 Å². The van der Waals surface area contributed by atoms with Gasteiger partial charge in [-0.2, -0.15) is 8.78 Å². The Balaban J connectivity index is 0. The fourth-order valence-corrected chi connectivity index (χ4v) is 0. The summed E-state index contributed by atoms with van der Waals surface area (Å²) in [4.78, 5) is 8.95. The van der Waals surface area contributed by atoms with Gasteiger partial charge in [0.2, 0.25) is 0 Å². The third-order valence-corrected chi connectivity index (χ3v) is 0.187. The van der Waals surface area contributed by atoms with Crippen LogP contribution >= 0.6 is 11.6 Å². The Morgan fingerprint density at radius 3 is 1.89 bits per heavy atom. The fraction of sp³-hybridized carbons (Fsp3) is 0.750. The monoisotopic (exact) mass is 160 g/mol. The van der Waals surface area contributed by atoms with Crippen LogP contribution in [0, 0.1) is 0 Å². The normalized spacial score (nSPS) is 8.11. The van der Waals surface area contributed by atoms with Crippen LogP contribution in [0.1, 0.15) is 6.92 Å². The van der Waals surface area contributed by atoms with Crippen molar-refractivity contribution in [2.45, 2.75) is 13.3 Å². The average molecular weight is 161 g/mol. The summed E-state index contributed by atoms with van der Waals surface area (Å²) >= 11 is 5.00.